The van der Waals surface area contributed by atoms with Gasteiger partial charge in [-0.25, -0.2) is 0 Å². The summed E-state index contributed by atoms with van der Waals surface area (Å²) in [6, 6.07) is 29.8. The molecule has 1 atom stereocenters. The molecule has 3 rings (SSSR count). The average molecular weight is 407 g/mol. The molecule has 0 saturated carbocycles. The minimum Gasteiger partial charge on any atom is -0.360 e. The Balaban J connectivity index is 1.41. The summed E-state index contributed by atoms with van der Waals surface area (Å²) in [4.78, 5) is 1.29. The van der Waals surface area contributed by atoms with E-state index in [4.69, 9.17) is 12.2 Å². The summed E-state index contributed by atoms with van der Waals surface area (Å²) >= 11 is 7.31. The van der Waals surface area contributed by atoms with Crippen molar-refractivity contribution in [2.24, 2.45) is 0 Å². The van der Waals surface area contributed by atoms with Gasteiger partial charge in [0.15, 0.2) is 5.11 Å². The Labute approximate surface area is 177 Å². The summed E-state index contributed by atoms with van der Waals surface area (Å²) in [7, 11) is 0. The van der Waals surface area contributed by atoms with E-state index in [2.05, 4.69) is 96.4 Å². The van der Waals surface area contributed by atoms with Crippen LogP contribution in [0.15, 0.2) is 89.8 Å². The van der Waals surface area contributed by atoms with E-state index in [0.717, 1.165) is 24.3 Å². The van der Waals surface area contributed by atoms with Crippen molar-refractivity contribution in [2.45, 2.75) is 36.5 Å². The first-order valence-electron chi connectivity index (χ1n) is 9.57. The van der Waals surface area contributed by atoms with E-state index >= 15 is 0 Å². The molecule has 0 unspecified atom stereocenters. The van der Waals surface area contributed by atoms with Gasteiger partial charge in [0.25, 0.3) is 0 Å². The zero-order chi connectivity index (χ0) is 19.6. The summed E-state index contributed by atoms with van der Waals surface area (Å²) in [5.74, 6) is 0.962. The van der Waals surface area contributed by atoms with Gasteiger partial charge in [-0.15, -0.1) is 11.8 Å². The average Bonchev–Trinajstić information content (AvgIpc) is 2.73. The predicted octanol–water partition coefficient (Wildman–Crippen LogP) is 6.29. The van der Waals surface area contributed by atoms with E-state index in [1.54, 1.807) is 0 Å². The van der Waals surface area contributed by atoms with Crippen molar-refractivity contribution in [3.05, 3.63) is 96.1 Å². The van der Waals surface area contributed by atoms with Gasteiger partial charge in [-0.2, -0.15) is 0 Å². The van der Waals surface area contributed by atoms with Crippen LogP contribution >= 0.6 is 24.0 Å². The first-order valence-corrected chi connectivity index (χ1v) is 11.0. The molecule has 0 fully saturated rings. The van der Waals surface area contributed by atoms with Gasteiger partial charge >= 0.3 is 0 Å². The van der Waals surface area contributed by atoms with E-state index in [0.29, 0.717) is 11.2 Å². The van der Waals surface area contributed by atoms with Crippen molar-refractivity contribution in [2.75, 3.05) is 5.32 Å². The Morgan fingerprint density at radius 3 is 2.18 bits per heavy atom. The number of thioether (sulfide) groups is 1. The van der Waals surface area contributed by atoms with Crippen LogP contribution in [0.5, 0.6) is 0 Å². The van der Waals surface area contributed by atoms with Crippen molar-refractivity contribution in [3.8, 4) is 0 Å². The van der Waals surface area contributed by atoms with Crippen LogP contribution < -0.4 is 10.6 Å². The van der Waals surface area contributed by atoms with Crippen molar-refractivity contribution in [1.82, 2.24) is 5.32 Å². The molecule has 0 spiro atoms. The normalized spacial score (nSPS) is 11.6. The number of hydrogen-bond donors (Lipinski definition) is 2. The van der Waals surface area contributed by atoms with E-state index in [1.165, 1.54) is 16.0 Å². The van der Waals surface area contributed by atoms with E-state index in [1.807, 2.05) is 17.8 Å². The number of nitrogens with one attached hydrogen (secondary N) is 2. The Morgan fingerprint density at radius 2 is 1.50 bits per heavy atom. The summed E-state index contributed by atoms with van der Waals surface area (Å²) in [6.45, 7) is 2.17. The third kappa shape index (κ3) is 7.02. The lowest BCUT2D eigenvalue weighted by Crippen LogP contribution is -2.36. The molecule has 0 bridgehead atoms. The molecule has 0 heterocycles. The van der Waals surface area contributed by atoms with Crippen LogP contribution in [0.4, 0.5) is 5.69 Å². The second kappa shape index (κ2) is 10.9. The topological polar surface area (TPSA) is 24.1 Å². The van der Waals surface area contributed by atoms with Gasteiger partial charge in [-0.1, -0.05) is 60.7 Å². The minimum absolute atomic E-state index is 0.321. The molecule has 3 aromatic rings. The summed E-state index contributed by atoms with van der Waals surface area (Å²) in [6.07, 6.45) is 2.09. The van der Waals surface area contributed by atoms with Gasteiger partial charge < -0.3 is 10.6 Å². The molecule has 0 saturated heterocycles. The maximum Gasteiger partial charge on any atom is 0.170 e. The molecule has 28 heavy (non-hydrogen) atoms. The van der Waals surface area contributed by atoms with Crippen LogP contribution in [-0.4, -0.2) is 11.2 Å². The molecule has 0 aliphatic carbocycles. The van der Waals surface area contributed by atoms with Gasteiger partial charge in [0.05, 0.1) is 0 Å². The maximum atomic E-state index is 5.46. The largest absolute Gasteiger partial charge is 0.360 e. The number of aryl methyl sites for hydroxylation is 1. The fourth-order valence-electron chi connectivity index (χ4n) is 2.86. The number of anilines is 1. The zero-order valence-electron chi connectivity index (χ0n) is 16.1. The number of rotatable bonds is 8. The van der Waals surface area contributed by atoms with Crippen molar-refractivity contribution < 1.29 is 0 Å². The van der Waals surface area contributed by atoms with Crippen LogP contribution in [0.3, 0.4) is 0 Å². The highest BCUT2D eigenvalue weighted by molar-refractivity contribution is 7.98. The second-order valence-corrected chi connectivity index (χ2v) is 8.28. The molecule has 3 aromatic carbocycles. The zero-order valence-corrected chi connectivity index (χ0v) is 17.7. The molecular weight excluding hydrogens is 380 g/mol. The highest BCUT2D eigenvalue weighted by Crippen LogP contribution is 2.23. The monoisotopic (exact) mass is 406 g/mol. The van der Waals surface area contributed by atoms with Crippen LogP contribution in [0.1, 0.15) is 24.5 Å². The van der Waals surface area contributed by atoms with E-state index < -0.39 is 0 Å². The van der Waals surface area contributed by atoms with Crippen LogP contribution in [-0.2, 0) is 12.2 Å². The molecule has 0 aliphatic heterocycles. The summed E-state index contributed by atoms with van der Waals surface area (Å²) < 4.78 is 0. The molecule has 144 valence electrons. The number of benzene rings is 3. The van der Waals surface area contributed by atoms with Gasteiger partial charge in [-0.3, -0.25) is 0 Å². The molecule has 0 aromatic heterocycles. The maximum absolute atomic E-state index is 5.46. The fraction of sp³-hybridized carbons (Fsp3) is 0.208. The van der Waals surface area contributed by atoms with E-state index in [-0.39, 0.29) is 0 Å². The molecule has 0 radical (unpaired) electrons. The standard InChI is InChI=1S/C24H26N2S2/c1-19(12-13-20-8-4-2-5-9-20)25-24(27)26-22-16-14-21(15-17-22)18-28-23-10-6-3-7-11-23/h2-11,14-17,19H,12-13,18H2,1H3,(H2,25,26,27)/t19-/m0/s1. The predicted molar refractivity (Wildman–Crippen MR) is 126 cm³/mol. The number of hydrogen-bond acceptors (Lipinski definition) is 2. The molecular formula is C24H26N2S2. The summed E-state index contributed by atoms with van der Waals surface area (Å²) in [5, 5.41) is 7.33. The Morgan fingerprint density at radius 1 is 0.857 bits per heavy atom. The Hall–Kier alpha value is -2.30. The molecule has 0 aliphatic rings. The highest BCUT2D eigenvalue weighted by atomic mass is 32.2. The first-order chi connectivity index (χ1) is 13.7. The molecule has 0 amide bonds. The quantitative estimate of drug-likeness (QED) is 0.339. The molecule has 2 nitrogen and oxygen atoms in total. The van der Waals surface area contributed by atoms with Crippen molar-refractivity contribution in [1.29, 1.82) is 0 Å². The van der Waals surface area contributed by atoms with Gasteiger partial charge in [0.1, 0.15) is 0 Å². The molecule has 4 heteroatoms. The third-order valence-corrected chi connectivity index (χ3v) is 5.75. The van der Waals surface area contributed by atoms with Crippen molar-refractivity contribution >= 4 is 34.8 Å². The van der Waals surface area contributed by atoms with Crippen LogP contribution in [0.2, 0.25) is 0 Å². The lowest BCUT2D eigenvalue weighted by Gasteiger charge is -2.17. The van der Waals surface area contributed by atoms with Gasteiger partial charge in [-0.05, 0) is 67.4 Å². The van der Waals surface area contributed by atoms with Crippen LogP contribution in [0.25, 0.3) is 0 Å². The fourth-order valence-corrected chi connectivity index (χ4v) is 4.05. The second-order valence-electron chi connectivity index (χ2n) is 6.82. The lowest BCUT2D eigenvalue weighted by atomic mass is 10.1. The molecule has 2 N–H and O–H groups in total. The third-order valence-electron chi connectivity index (χ3n) is 4.45. The highest BCUT2D eigenvalue weighted by Gasteiger charge is 2.05. The smallest absolute Gasteiger partial charge is 0.170 e. The van der Waals surface area contributed by atoms with Crippen LogP contribution in [0, 0.1) is 0 Å². The Bertz CT molecular complexity index is 849. The van der Waals surface area contributed by atoms with E-state index in [9.17, 15) is 0 Å². The van der Waals surface area contributed by atoms with Gasteiger partial charge in [0.2, 0.25) is 0 Å². The minimum atomic E-state index is 0.321. The van der Waals surface area contributed by atoms with Gasteiger partial charge in [0, 0.05) is 22.4 Å². The van der Waals surface area contributed by atoms with Crippen molar-refractivity contribution in [3.63, 3.8) is 0 Å². The summed E-state index contributed by atoms with van der Waals surface area (Å²) in [5.41, 5.74) is 3.68. The first kappa shape index (κ1) is 20.4. The lowest BCUT2D eigenvalue weighted by molar-refractivity contribution is 0.609. The number of thiocarbonyl (C=S) groups is 1. The SMILES string of the molecule is C[C@@H](CCc1ccccc1)NC(=S)Nc1ccc(CSc2ccccc2)cc1. The Kier molecular flexibility index (Phi) is 7.94.